The maximum atomic E-state index is 6.22. The third kappa shape index (κ3) is 3.11. The molecule has 0 spiro atoms. The van der Waals surface area contributed by atoms with E-state index >= 15 is 0 Å². The van der Waals surface area contributed by atoms with Gasteiger partial charge in [0.2, 0.25) is 0 Å². The quantitative estimate of drug-likeness (QED) is 0.778. The molecule has 78 valence electrons. The zero-order chi connectivity index (χ0) is 10.4. The number of pyridine rings is 1. The number of hydrogen-bond acceptors (Lipinski definition) is 2. The van der Waals surface area contributed by atoms with Crippen molar-refractivity contribution in [2.75, 3.05) is 0 Å². The second kappa shape index (κ2) is 5.11. The van der Waals surface area contributed by atoms with Crippen LogP contribution in [0.2, 0.25) is 0 Å². The first-order chi connectivity index (χ1) is 6.70. The average molecular weight is 192 g/mol. The van der Waals surface area contributed by atoms with Gasteiger partial charge in [0.1, 0.15) is 0 Å². The van der Waals surface area contributed by atoms with Crippen LogP contribution in [0, 0.1) is 0 Å². The highest BCUT2D eigenvalue weighted by molar-refractivity contribution is 5.04. The molecular weight excluding hydrogens is 172 g/mol. The Morgan fingerprint density at radius 1 is 1.29 bits per heavy atom. The lowest BCUT2D eigenvalue weighted by Gasteiger charge is -2.26. The van der Waals surface area contributed by atoms with Crippen molar-refractivity contribution in [2.24, 2.45) is 5.73 Å². The van der Waals surface area contributed by atoms with Crippen LogP contribution in [0.5, 0.6) is 0 Å². The van der Waals surface area contributed by atoms with Crippen molar-refractivity contribution in [3.8, 4) is 0 Å². The molecule has 1 aromatic rings. The molecule has 2 heteroatoms. The Bertz CT molecular complexity index is 252. The molecule has 2 N–H and O–H groups in total. The number of nitrogens with zero attached hydrogens (tertiary/aromatic N) is 1. The fourth-order valence-electron chi connectivity index (χ4n) is 1.53. The largest absolute Gasteiger partial charge is 0.325 e. The molecule has 1 heterocycles. The number of aryl methyl sites for hydroxylation is 1. The van der Waals surface area contributed by atoms with Gasteiger partial charge in [-0.15, -0.1) is 0 Å². The van der Waals surface area contributed by atoms with E-state index in [1.165, 1.54) is 0 Å². The van der Waals surface area contributed by atoms with Gasteiger partial charge in [0, 0.05) is 17.4 Å². The van der Waals surface area contributed by atoms with E-state index in [2.05, 4.69) is 24.9 Å². The maximum absolute atomic E-state index is 6.22. The number of rotatable bonds is 5. The molecule has 0 atom stereocenters. The number of aromatic nitrogens is 1. The molecule has 0 aliphatic rings. The van der Waals surface area contributed by atoms with Crippen molar-refractivity contribution in [1.82, 2.24) is 4.98 Å². The van der Waals surface area contributed by atoms with Crippen molar-refractivity contribution in [3.05, 3.63) is 30.1 Å². The summed E-state index contributed by atoms with van der Waals surface area (Å²) < 4.78 is 0. The molecule has 0 saturated heterocycles. The molecule has 1 aromatic heterocycles. The Hall–Kier alpha value is -0.890. The Morgan fingerprint density at radius 3 is 2.50 bits per heavy atom. The Kier molecular flexibility index (Phi) is 4.08. The van der Waals surface area contributed by atoms with E-state index in [4.69, 9.17) is 5.73 Å². The molecule has 0 radical (unpaired) electrons. The van der Waals surface area contributed by atoms with Crippen LogP contribution in [-0.4, -0.2) is 10.5 Å². The van der Waals surface area contributed by atoms with Gasteiger partial charge >= 0.3 is 0 Å². The van der Waals surface area contributed by atoms with E-state index in [0.29, 0.717) is 0 Å². The van der Waals surface area contributed by atoms with Crippen LogP contribution in [0.4, 0.5) is 0 Å². The van der Waals surface area contributed by atoms with Crippen molar-refractivity contribution >= 4 is 0 Å². The van der Waals surface area contributed by atoms with Gasteiger partial charge in [0.25, 0.3) is 0 Å². The smallest absolute Gasteiger partial charge is 0.0404 e. The summed E-state index contributed by atoms with van der Waals surface area (Å²) in [5.74, 6) is 0. The van der Waals surface area contributed by atoms with Crippen LogP contribution < -0.4 is 5.73 Å². The molecule has 0 saturated carbocycles. The third-order valence-electron chi connectivity index (χ3n) is 3.01. The van der Waals surface area contributed by atoms with Crippen molar-refractivity contribution in [1.29, 1.82) is 0 Å². The lowest BCUT2D eigenvalue weighted by Crippen LogP contribution is -2.38. The average Bonchev–Trinajstić information content (AvgIpc) is 2.27. The van der Waals surface area contributed by atoms with Gasteiger partial charge in [-0.05, 0) is 37.8 Å². The van der Waals surface area contributed by atoms with Crippen molar-refractivity contribution in [2.45, 2.75) is 45.1 Å². The summed E-state index contributed by atoms with van der Waals surface area (Å²) in [6.07, 6.45) is 5.92. The fraction of sp³-hybridized carbons (Fsp3) is 0.583. The first kappa shape index (κ1) is 11.2. The minimum absolute atomic E-state index is 0.00246. The molecular formula is C12H20N2. The topological polar surface area (TPSA) is 38.9 Å². The molecule has 1 rings (SSSR count). The Labute approximate surface area is 86.5 Å². The fourth-order valence-corrected chi connectivity index (χ4v) is 1.53. The van der Waals surface area contributed by atoms with Crippen molar-refractivity contribution in [3.63, 3.8) is 0 Å². The van der Waals surface area contributed by atoms with Crippen LogP contribution in [0.1, 0.15) is 38.8 Å². The summed E-state index contributed by atoms with van der Waals surface area (Å²) in [4.78, 5) is 4.29. The molecule has 0 bridgehead atoms. The Morgan fingerprint density at radius 2 is 2.00 bits per heavy atom. The second-order valence-corrected chi connectivity index (χ2v) is 3.89. The molecule has 2 nitrogen and oxygen atoms in total. The van der Waals surface area contributed by atoms with Crippen LogP contribution in [0.25, 0.3) is 0 Å². The molecule has 0 unspecified atom stereocenters. The summed E-state index contributed by atoms with van der Waals surface area (Å²) in [7, 11) is 0. The molecule has 14 heavy (non-hydrogen) atoms. The van der Waals surface area contributed by atoms with Gasteiger partial charge in [-0.25, -0.2) is 0 Å². The Balaban J connectivity index is 2.48. The molecule has 0 amide bonds. The summed E-state index contributed by atoms with van der Waals surface area (Å²) in [5.41, 5.74) is 7.36. The van der Waals surface area contributed by atoms with Gasteiger partial charge in [0.05, 0.1) is 0 Å². The normalized spacial score (nSPS) is 11.6. The number of nitrogens with two attached hydrogens (primary N) is 1. The minimum Gasteiger partial charge on any atom is -0.325 e. The highest BCUT2D eigenvalue weighted by Crippen LogP contribution is 2.18. The van der Waals surface area contributed by atoms with E-state index in [1.807, 2.05) is 18.3 Å². The predicted octanol–water partition coefficient (Wildman–Crippen LogP) is 2.53. The molecule has 0 fully saturated rings. The van der Waals surface area contributed by atoms with Crippen LogP contribution in [0.3, 0.4) is 0 Å². The molecule has 0 aromatic carbocycles. The zero-order valence-corrected chi connectivity index (χ0v) is 9.16. The van der Waals surface area contributed by atoms with Gasteiger partial charge in [0.15, 0.2) is 0 Å². The van der Waals surface area contributed by atoms with Gasteiger partial charge in [-0.3, -0.25) is 4.98 Å². The summed E-state index contributed by atoms with van der Waals surface area (Å²) in [5, 5.41) is 0. The molecule has 0 aliphatic carbocycles. The first-order valence-corrected chi connectivity index (χ1v) is 5.39. The van der Waals surface area contributed by atoms with E-state index in [1.54, 1.807) is 0 Å². The van der Waals surface area contributed by atoms with E-state index in [9.17, 15) is 0 Å². The predicted molar refractivity (Wildman–Crippen MR) is 60.1 cm³/mol. The summed E-state index contributed by atoms with van der Waals surface area (Å²) in [6, 6.07) is 6.03. The van der Waals surface area contributed by atoms with E-state index < -0.39 is 0 Å². The van der Waals surface area contributed by atoms with Gasteiger partial charge < -0.3 is 5.73 Å². The van der Waals surface area contributed by atoms with Crippen LogP contribution in [-0.2, 0) is 6.42 Å². The lowest BCUT2D eigenvalue weighted by atomic mass is 9.88. The third-order valence-corrected chi connectivity index (χ3v) is 3.01. The summed E-state index contributed by atoms with van der Waals surface area (Å²) in [6.45, 7) is 4.31. The van der Waals surface area contributed by atoms with Crippen molar-refractivity contribution < 1.29 is 0 Å². The highest BCUT2D eigenvalue weighted by Gasteiger charge is 2.19. The van der Waals surface area contributed by atoms with E-state index in [0.717, 1.165) is 31.4 Å². The van der Waals surface area contributed by atoms with Gasteiger partial charge in [-0.1, -0.05) is 19.9 Å². The lowest BCUT2D eigenvalue weighted by molar-refractivity contribution is 0.366. The highest BCUT2D eigenvalue weighted by atomic mass is 14.7. The first-order valence-electron chi connectivity index (χ1n) is 5.39. The van der Waals surface area contributed by atoms with Crippen LogP contribution >= 0.6 is 0 Å². The summed E-state index contributed by atoms with van der Waals surface area (Å²) >= 11 is 0. The second-order valence-electron chi connectivity index (χ2n) is 3.89. The monoisotopic (exact) mass is 192 g/mol. The van der Waals surface area contributed by atoms with Gasteiger partial charge in [-0.2, -0.15) is 0 Å². The van der Waals surface area contributed by atoms with E-state index in [-0.39, 0.29) is 5.54 Å². The maximum Gasteiger partial charge on any atom is 0.0404 e. The standard InChI is InChI=1S/C12H20N2/c1-3-12(13,4-2)9-8-11-7-5-6-10-14-11/h5-7,10H,3-4,8-9,13H2,1-2H3. The zero-order valence-electron chi connectivity index (χ0n) is 9.16. The molecule has 0 aliphatic heterocycles. The van der Waals surface area contributed by atoms with Crippen LogP contribution in [0.15, 0.2) is 24.4 Å². The number of hydrogen-bond donors (Lipinski definition) is 1. The minimum atomic E-state index is -0.00246. The SMILES string of the molecule is CCC(N)(CC)CCc1ccccn1.